The van der Waals surface area contributed by atoms with Crippen molar-refractivity contribution in [2.24, 2.45) is 0 Å². The maximum Gasteiger partial charge on any atom is 0.234 e. The van der Waals surface area contributed by atoms with E-state index in [-0.39, 0.29) is 17.1 Å². The van der Waals surface area contributed by atoms with E-state index in [9.17, 15) is 9.59 Å². The normalized spacial score (nSPS) is 10.9. The van der Waals surface area contributed by atoms with Crippen molar-refractivity contribution in [3.05, 3.63) is 74.5 Å². The number of hydrogen-bond donors (Lipinski definition) is 2. The highest BCUT2D eigenvalue weighted by molar-refractivity contribution is 7.99. The highest BCUT2D eigenvalue weighted by Gasteiger charge is 2.08. The van der Waals surface area contributed by atoms with Gasteiger partial charge in [0.1, 0.15) is 0 Å². The molecule has 0 bridgehead atoms. The maximum atomic E-state index is 12.4. The van der Waals surface area contributed by atoms with Gasteiger partial charge in [-0.25, -0.2) is 0 Å². The molecule has 0 saturated carbocycles. The van der Waals surface area contributed by atoms with Crippen LogP contribution in [0.15, 0.2) is 47.3 Å². The van der Waals surface area contributed by atoms with Crippen LogP contribution in [0.3, 0.4) is 0 Å². The second-order valence-electron chi connectivity index (χ2n) is 6.18. The number of para-hydroxylation sites is 1. The van der Waals surface area contributed by atoms with Gasteiger partial charge in [-0.3, -0.25) is 9.59 Å². The van der Waals surface area contributed by atoms with E-state index < -0.39 is 0 Å². The molecule has 0 unspecified atom stereocenters. The first-order valence-electron chi connectivity index (χ1n) is 8.19. The summed E-state index contributed by atoms with van der Waals surface area (Å²) in [6.07, 6.45) is 0. The first kappa shape index (κ1) is 18.5. The van der Waals surface area contributed by atoms with Gasteiger partial charge in [0, 0.05) is 22.9 Å². The molecule has 0 aliphatic carbocycles. The first-order chi connectivity index (χ1) is 12.4. The molecule has 26 heavy (non-hydrogen) atoms. The van der Waals surface area contributed by atoms with E-state index in [1.165, 1.54) is 11.8 Å². The van der Waals surface area contributed by atoms with Crippen molar-refractivity contribution < 1.29 is 4.79 Å². The summed E-state index contributed by atoms with van der Waals surface area (Å²) >= 11 is 7.48. The van der Waals surface area contributed by atoms with Gasteiger partial charge in [0.05, 0.1) is 22.0 Å². The summed E-state index contributed by atoms with van der Waals surface area (Å²) < 4.78 is 0. The first-order valence-corrected chi connectivity index (χ1v) is 9.72. The van der Waals surface area contributed by atoms with E-state index in [0.717, 1.165) is 22.3 Å². The third-order valence-corrected chi connectivity index (χ3v) is 5.29. The second-order valence-corrected chi connectivity index (χ2v) is 7.58. The summed E-state index contributed by atoms with van der Waals surface area (Å²) in [5.41, 5.74) is 4.38. The fourth-order valence-electron chi connectivity index (χ4n) is 2.84. The van der Waals surface area contributed by atoms with Crippen molar-refractivity contribution in [3.8, 4) is 0 Å². The minimum Gasteiger partial charge on any atom is -0.357 e. The summed E-state index contributed by atoms with van der Waals surface area (Å²) in [5, 5.41) is 4.00. The largest absolute Gasteiger partial charge is 0.357 e. The monoisotopic (exact) mass is 386 g/mol. The van der Waals surface area contributed by atoms with Crippen LogP contribution >= 0.6 is 23.4 Å². The Bertz CT molecular complexity index is 1030. The van der Waals surface area contributed by atoms with Crippen LogP contribution in [0.4, 0.5) is 5.69 Å². The van der Waals surface area contributed by atoms with Crippen LogP contribution < -0.4 is 10.7 Å². The third-order valence-electron chi connectivity index (χ3n) is 3.97. The van der Waals surface area contributed by atoms with Crippen LogP contribution in [0.1, 0.15) is 16.8 Å². The van der Waals surface area contributed by atoms with Crippen LogP contribution in [0.5, 0.6) is 0 Å². The molecule has 3 aromatic rings. The van der Waals surface area contributed by atoms with E-state index in [2.05, 4.69) is 10.3 Å². The van der Waals surface area contributed by atoms with E-state index in [0.29, 0.717) is 21.8 Å². The van der Waals surface area contributed by atoms with Gasteiger partial charge < -0.3 is 10.3 Å². The van der Waals surface area contributed by atoms with Crippen LogP contribution in [0.2, 0.25) is 5.02 Å². The third kappa shape index (κ3) is 4.29. The number of hydrogen-bond acceptors (Lipinski definition) is 3. The number of pyridine rings is 1. The Hall–Kier alpha value is -2.24. The highest BCUT2D eigenvalue weighted by atomic mass is 35.5. The number of nitrogens with one attached hydrogen (secondary N) is 2. The van der Waals surface area contributed by atoms with Crippen LogP contribution in [-0.4, -0.2) is 16.6 Å². The number of benzene rings is 2. The molecule has 0 aliphatic rings. The van der Waals surface area contributed by atoms with Crippen molar-refractivity contribution in [2.75, 3.05) is 11.1 Å². The summed E-state index contributed by atoms with van der Waals surface area (Å²) in [6.45, 7) is 3.96. The number of carbonyl (C=O) groups is 1. The molecule has 3 rings (SSSR count). The minimum atomic E-state index is -0.127. The zero-order chi connectivity index (χ0) is 18.7. The van der Waals surface area contributed by atoms with E-state index in [1.807, 2.05) is 38.1 Å². The van der Waals surface area contributed by atoms with Gasteiger partial charge in [0.25, 0.3) is 0 Å². The molecule has 0 atom stereocenters. The molecule has 2 N–H and O–H groups in total. The number of anilines is 1. The van der Waals surface area contributed by atoms with Gasteiger partial charge in [-0.15, -0.1) is 11.8 Å². The predicted octanol–water partition coefficient (Wildman–Crippen LogP) is 4.67. The molecule has 1 amide bonds. The number of carbonyl (C=O) groups excluding carboxylic acids is 1. The fourth-order valence-corrected chi connectivity index (χ4v) is 3.76. The van der Waals surface area contributed by atoms with E-state index in [1.54, 1.807) is 18.2 Å². The Morgan fingerprint density at radius 2 is 1.96 bits per heavy atom. The number of aryl methyl sites for hydroxylation is 2. The standard InChI is InChI=1S/C20H19ClN2O2S/c1-12-7-13(2)20-15(8-12)18(24)9-14(22-20)10-26-11-19(25)23-17-6-4-3-5-16(17)21/h3-9H,10-11H2,1-2H3,(H,22,24)(H,23,25). The lowest BCUT2D eigenvalue weighted by Gasteiger charge is -2.09. The predicted molar refractivity (Wildman–Crippen MR) is 110 cm³/mol. The van der Waals surface area contributed by atoms with Crippen molar-refractivity contribution in [2.45, 2.75) is 19.6 Å². The Balaban J connectivity index is 1.66. The average Bonchev–Trinajstić information content (AvgIpc) is 2.58. The molecule has 0 saturated heterocycles. The van der Waals surface area contributed by atoms with Gasteiger partial charge in [0.15, 0.2) is 5.43 Å². The lowest BCUT2D eigenvalue weighted by molar-refractivity contribution is -0.113. The molecule has 4 nitrogen and oxygen atoms in total. The van der Waals surface area contributed by atoms with Gasteiger partial charge >= 0.3 is 0 Å². The topological polar surface area (TPSA) is 62.0 Å². The van der Waals surface area contributed by atoms with E-state index in [4.69, 9.17) is 11.6 Å². The molecule has 1 aromatic heterocycles. The maximum absolute atomic E-state index is 12.4. The SMILES string of the molecule is Cc1cc(C)c2[nH]c(CSCC(=O)Nc3ccccc3Cl)cc(=O)c2c1. The lowest BCUT2D eigenvalue weighted by Crippen LogP contribution is -2.14. The number of fused-ring (bicyclic) bond motifs is 1. The van der Waals surface area contributed by atoms with Crippen LogP contribution in [0.25, 0.3) is 10.9 Å². The average molecular weight is 387 g/mol. The number of thioether (sulfide) groups is 1. The molecular weight excluding hydrogens is 368 g/mol. The summed E-state index contributed by atoms with van der Waals surface area (Å²) in [5.74, 6) is 0.699. The van der Waals surface area contributed by atoms with Gasteiger partial charge in [-0.2, -0.15) is 0 Å². The number of amides is 1. The number of aromatic nitrogens is 1. The molecule has 0 fully saturated rings. The van der Waals surface area contributed by atoms with Crippen molar-refractivity contribution in [3.63, 3.8) is 0 Å². The summed E-state index contributed by atoms with van der Waals surface area (Å²) in [7, 11) is 0. The zero-order valence-electron chi connectivity index (χ0n) is 14.6. The second kappa shape index (κ2) is 7.98. The number of rotatable bonds is 5. The number of H-pyrrole nitrogens is 1. The molecule has 1 heterocycles. The molecule has 0 aliphatic heterocycles. The summed E-state index contributed by atoms with van der Waals surface area (Å²) in [6, 6.07) is 12.7. The molecule has 2 aromatic carbocycles. The Kier molecular flexibility index (Phi) is 5.69. The highest BCUT2D eigenvalue weighted by Crippen LogP contribution is 2.21. The van der Waals surface area contributed by atoms with Crippen LogP contribution in [-0.2, 0) is 10.5 Å². The molecule has 0 radical (unpaired) electrons. The number of aromatic amines is 1. The van der Waals surface area contributed by atoms with Crippen molar-refractivity contribution >= 4 is 45.9 Å². The van der Waals surface area contributed by atoms with Gasteiger partial charge in [0.2, 0.25) is 5.91 Å². The van der Waals surface area contributed by atoms with Gasteiger partial charge in [-0.1, -0.05) is 29.8 Å². The van der Waals surface area contributed by atoms with E-state index >= 15 is 0 Å². The van der Waals surface area contributed by atoms with Gasteiger partial charge in [-0.05, 0) is 43.2 Å². The van der Waals surface area contributed by atoms with Crippen LogP contribution in [0, 0.1) is 13.8 Å². The Labute approximate surface area is 161 Å². The molecule has 6 heteroatoms. The quantitative estimate of drug-likeness (QED) is 0.669. The molecule has 0 spiro atoms. The van der Waals surface area contributed by atoms with Crippen molar-refractivity contribution in [1.82, 2.24) is 4.98 Å². The molecule has 134 valence electrons. The number of halogens is 1. The Morgan fingerprint density at radius 3 is 2.73 bits per heavy atom. The molecular formula is C20H19ClN2O2S. The zero-order valence-corrected chi connectivity index (χ0v) is 16.1. The lowest BCUT2D eigenvalue weighted by atomic mass is 10.1. The Morgan fingerprint density at radius 1 is 1.19 bits per heavy atom. The smallest absolute Gasteiger partial charge is 0.234 e. The fraction of sp³-hybridized carbons (Fsp3) is 0.200. The van der Waals surface area contributed by atoms with Crippen molar-refractivity contribution in [1.29, 1.82) is 0 Å². The minimum absolute atomic E-state index is 0.00155. The summed E-state index contributed by atoms with van der Waals surface area (Å²) in [4.78, 5) is 27.7.